The van der Waals surface area contributed by atoms with Gasteiger partial charge in [-0.3, -0.25) is 4.79 Å². The van der Waals surface area contributed by atoms with E-state index in [0.717, 1.165) is 18.5 Å². The Labute approximate surface area is 81.6 Å². The molecule has 1 aliphatic carbocycles. The minimum absolute atomic E-state index is 0.303. The molecule has 0 spiro atoms. The van der Waals surface area contributed by atoms with Gasteiger partial charge in [0.25, 0.3) is 5.56 Å². The predicted molar refractivity (Wildman–Crippen MR) is 50.8 cm³/mol. The molecule has 0 aliphatic heterocycles. The molecule has 1 aromatic heterocycles. The second-order valence-electron chi connectivity index (χ2n) is 3.62. The largest absolute Gasteiger partial charge is 0.268 e. The number of hydrogen-bond donors (Lipinski definition) is 1. The maximum atomic E-state index is 10.9. The molecule has 4 nitrogen and oxygen atoms in total. The SMILES string of the molecule is N#Cc1cc(=O)[nH]nc1C1CCCC1. The fourth-order valence-corrected chi connectivity index (χ4v) is 2.01. The van der Waals surface area contributed by atoms with Crippen LogP contribution in [0.25, 0.3) is 0 Å². The summed E-state index contributed by atoms with van der Waals surface area (Å²) < 4.78 is 0. The lowest BCUT2D eigenvalue weighted by Crippen LogP contribution is -2.12. The van der Waals surface area contributed by atoms with Crippen LogP contribution in [0.2, 0.25) is 0 Å². The zero-order chi connectivity index (χ0) is 9.97. The van der Waals surface area contributed by atoms with Gasteiger partial charge in [0.05, 0.1) is 11.3 Å². The van der Waals surface area contributed by atoms with Crippen LogP contribution in [0.4, 0.5) is 0 Å². The van der Waals surface area contributed by atoms with E-state index in [2.05, 4.69) is 10.2 Å². The third-order valence-corrected chi connectivity index (χ3v) is 2.70. The third kappa shape index (κ3) is 1.53. The van der Waals surface area contributed by atoms with Gasteiger partial charge in [-0.15, -0.1) is 0 Å². The fraction of sp³-hybridized carbons (Fsp3) is 0.500. The summed E-state index contributed by atoms with van der Waals surface area (Å²) in [7, 11) is 0. The third-order valence-electron chi connectivity index (χ3n) is 2.70. The average Bonchev–Trinajstić information content (AvgIpc) is 2.70. The monoisotopic (exact) mass is 189 g/mol. The Balaban J connectivity index is 2.42. The molecule has 0 amide bonds. The molecule has 0 aromatic carbocycles. The molecule has 1 aromatic rings. The molecule has 1 aliphatic rings. The van der Waals surface area contributed by atoms with Crippen molar-refractivity contribution in [3.63, 3.8) is 0 Å². The topological polar surface area (TPSA) is 69.5 Å². The quantitative estimate of drug-likeness (QED) is 0.723. The summed E-state index contributed by atoms with van der Waals surface area (Å²) in [5.74, 6) is 0.362. The maximum Gasteiger partial charge on any atom is 0.265 e. The number of nitrogens with zero attached hydrogens (tertiary/aromatic N) is 2. The Bertz CT molecular complexity index is 424. The number of rotatable bonds is 1. The van der Waals surface area contributed by atoms with Gasteiger partial charge in [0.2, 0.25) is 0 Å². The van der Waals surface area contributed by atoms with E-state index in [0.29, 0.717) is 11.5 Å². The number of nitrogens with one attached hydrogen (secondary N) is 1. The molecule has 0 radical (unpaired) electrons. The molecule has 1 saturated carbocycles. The van der Waals surface area contributed by atoms with Crippen LogP contribution in [-0.4, -0.2) is 10.2 Å². The lowest BCUT2D eigenvalue weighted by atomic mass is 10.00. The van der Waals surface area contributed by atoms with Crippen molar-refractivity contribution >= 4 is 0 Å². The highest BCUT2D eigenvalue weighted by molar-refractivity contribution is 5.33. The Kier molecular flexibility index (Phi) is 2.32. The molecule has 0 bridgehead atoms. The van der Waals surface area contributed by atoms with Crippen LogP contribution in [0.1, 0.15) is 42.9 Å². The van der Waals surface area contributed by atoms with Crippen LogP contribution >= 0.6 is 0 Å². The first-order valence-electron chi connectivity index (χ1n) is 4.81. The maximum absolute atomic E-state index is 10.9. The van der Waals surface area contributed by atoms with Gasteiger partial charge in [-0.05, 0) is 12.8 Å². The van der Waals surface area contributed by atoms with Crippen molar-refractivity contribution in [2.24, 2.45) is 0 Å². The molecular weight excluding hydrogens is 178 g/mol. The lowest BCUT2D eigenvalue weighted by Gasteiger charge is -2.08. The van der Waals surface area contributed by atoms with Crippen LogP contribution in [0.5, 0.6) is 0 Å². The Morgan fingerprint density at radius 1 is 1.50 bits per heavy atom. The van der Waals surface area contributed by atoms with Gasteiger partial charge in [-0.1, -0.05) is 12.8 Å². The molecule has 1 heterocycles. The molecule has 72 valence electrons. The highest BCUT2D eigenvalue weighted by atomic mass is 16.1. The Morgan fingerprint density at radius 2 is 2.21 bits per heavy atom. The lowest BCUT2D eigenvalue weighted by molar-refractivity contribution is 0.674. The van der Waals surface area contributed by atoms with Crippen molar-refractivity contribution in [2.45, 2.75) is 31.6 Å². The predicted octanol–water partition coefficient (Wildman–Crippen LogP) is 1.30. The fourth-order valence-electron chi connectivity index (χ4n) is 2.01. The van der Waals surface area contributed by atoms with Crippen molar-refractivity contribution in [3.8, 4) is 6.07 Å². The van der Waals surface area contributed by atoms with Crippen LogP contribution in [0, 0.1) is 11.3 Å². The second kappa shape index (κ2) is 3.62. The first-order valence-corrected chi connectivity index (χ1v) is 4.81. The van der Waals surface area contributed by atoms with Gasteiger partial charge in [0.1, 0.15) is 6.07 Å². The minimum Gasteiger partial charge on any atom is -0.268 e. The molecule has 2 rings (SSSR count). The molecular formula is C10H11N3O. The van der Waals surface area contributed by atoms with Gasteiger partial charge in [-0.2, -0.15) is 10.4 Å². The van der Waals surface area contributed by atoms with E-state index < -0.39 is 0 Å². The highest BCUT2D eigenvalue weighted by Gasteiger charge is 2.21. The number of hydrogen-bond acceptors (Lipinski definition) is 3. The average molecular weight is 189 g/mol. The number of H-pyrrole nitrogens is 1. The minimum atomic E-state index is -0.303. The Morgan fingerprint density at radius 3 is 2.86 bits per heavy atom. The number of aromatic amines is 1. The van der Waals surface area contributed by atoms with Gasteiger partial charge >= 0.3 is 0 Å². The standard InChI is InChI=1S/C10H11N3O/c11-6-8-5-9(14)12-13-10(8)7-3-1-2-4-7/h5,7H,1-4H2,(H,12,14). The van der Waals surface area contributed by atoms with E-state index in [1.807, 2.05) is 6.07 Å². The summed E-state index contributed by atoms with van der Waals surface area (Å²) in [6, 6.07) is 3.36. The number of nitriles is 1. The normalized spacial score (nSPS) is 16.8. The first-order chi connectivity index (χ1) is 6.81. The van der Waals surface area contributed by atoms with Crippen molar-refractivity contribution < 1.29 is 0 Å². The summed E-state index contributed by atoms with van der Waals surface area (Å²) in [5, 5.41) is 15.2. The van der Waals surface area contributed by atoms with E-state index in [1.165, 1.54) is 18.9 Å². The summed E-state index contributed by atoms with van der Waals surface area (Å²) in [6.07, 6.45) is 4.54. The smallest absolute Gasteiger partial charge is 0.265 e. The summed E-state index contributed by atoms with van der Waals surface area (Å²) in [6.45, 7) is 0. The summed E-state index contributed by atoms with van der Waals surface area (Å²) >= 11 is 0. The van der Waals surface area contributed by atoms with Crippen molar-refractivity contribution in [3.05, 3.63) is 27.7 Å². The van der Waals surface area contributed by atoms with Crippen molar-refractivity contribution in [1.82, 2.24) is 10.2 Å². The molecule has 0 unspecified atom stereocenters. The molecule has 1 N–H and O–H groups in total. The molecule has 4 heteroatoms. The Hall–Kier alpha value is -1.63. The van der Waals surface area contributed by atoms with E-state index >= 15 is 0 Å². The molecule has 0 saturated heterocycles. The van der Waals surface area contributed by atoms with E-state index in [9.17, 15) is 4.79 Å². The van der Waals surface area contributed by atoms with Gasteiger partial charge in [0.15, 0.2) is 0 Å². The zero-order valence-electron chi connectivity index (χ0n) is 7.79. The van der Waals surface area contributed by atoms with Crippen LogP contribution in [-0.2, 0) is 0 Å². The summed E-state index contributed by atoms with van der Waals surface area (Å²) in [5.41, 5.74) is 0.897. The van der Waals surface area contributed by atoms with E-state index in [1.54, 1.807) is 0 Å². The molecule has 14 heavy (non-hydrogen) atoms. The van der Waals surface area contributed by atoms with Crippen LogP contribution < -0.4 is 5.56 Å². The number of aromatic nitrogens is 2. The van der Waals surface area contributed by atoms with Gasteiger partial charge in [0, 0.05) is 12.0 Å². The zero-order valence-corrected chi connectivity index (χ0v) is 7.79. The van der Waals surface area contributed by atoms with E-state index in [-0.39, 0.29) is 5.56 Å². The van der Waals surface area contributed by atoms with Crippen molar-refractivity contribution in [1.29, 1.82) is 5.26 Å². The van der Waals surface area contributed by atoms with Gasteiger partial charge < -0.3 is 0 Å². The van der Waals surface area contributed by atoms with Crippen LogP contribution in [0.3, 0.4) is 0 Å². The summed E-state index contributed by atoms with van der Waals surface area (Å²) in [4.78, 5) is 10.9. The molecule has 1 fully saturated rings. The van der Waals surface area contributed by atoms with Gasteiger partial charge in [-0.25, -0.2) is 5.10 Å². The van der Waals surface area contributed by atoms with Crippen molar-refractivity contribution in [2.75, 3.05) is 0 Å². The van der Waals surface area contributed by atoms with E-state index in [4.69, 9.17) is 5.26 Å². The highest BCUT2D eigenvalue weighted by Crippen LogP contribution is 2.33. The molecule has 0 atom stereocenters. The second-order valence-corrected chi connectivity index (χ2v) is 3.62. The first kappa shape index (κ1) is 8.95. The van der Waals surface area contributed by atoms with Crippen LogP contribution in [0.15, 0.2) is 10.9 Å².